The van der Waals surface area contributed by atoms with Gasteiger partial charge in [-0.05, 0) is 24.3 Å². The van der Waals surface area contributed by atoms with Gasteiger partial charge in [0.25, 0.3) is 0 Å². The van der Waals surface area contributed by atoms with E-state index in [-0.39, 0.29) is 5.82 Å². The average Bonchev–Trinajstić information content (AvgIpc) is 2.46. The van der Waals surface area contributed by atoms with Crippen molar-refractivity contribution in [2.45, 2.75) is 0 Å². The van der Waals surface area contributed by atoms with Gasteiger partial charge >= 0.3 is 0 Å². The average molecular weight is 275 g/mol. The number of hydrogen-bond donors (Lipinski definition) is 0. The number of rotatable bonds is 4. The fraction of sp³-hybridized carbons (Fsp3) is 0.250. The minimum absolute atomic E-state index is 0.289. The summed E-state index contributed by atoms with van der Waals surface area (Å²) in [7, 11) is 6.86. The van der Waals surface area contributed by atoms with Crippen LogP contribution in [0.4, 0.5) is 10.1 Å². The Morgan fingerprint density at radius 3 is 2.25 bits per heavy atom. The molecule has 20 heavy (non-hydrogen) atoms. The highest BCUT2D eigenvalue weighted by Crippen LogP contribution is 2.39. The monoisotopic (exact) mass is 275 g/mol. The molecule has 0 fully saturated rings. The van der Waals surface area contributed by atoms with Crippen LogP contribution in [-0.4, -0.2) is 28.3 Å². The highest BCUT2D eigenvalue weighted by Gasteiger charge is 2.15. The number of benzene rings is 2. The quantitative estimate of drug-likeness (QED) is 0.851. The van der Waals surface area contributed by atoms with Crippen LogP contribution in [0.2, 0.25) is 0 Å². The molecular formula is C16H18FNO2. The minimum Gasteiger partial charge on any atom is -0.493 e. The molecule has 4 heteroatoms. The van der Waals surface area contributed by atoms with Crippen molar-refractivity contribution in [2.75, 3.05) is 33.2 Å². The Bertz CT molecular complexity index is 611. The fourth-order valence-electron chi connectivity index (χ4n) is 2.10. The van der Waals surface area contributed by atoms with Crippen molar-refractivity contribution >= 4 is 5.69 Å². The molecule has 0 radical (unpaired) electrons. The maximum Gasteiger partial charge on any atom is 0.168 e. The molecule has 0 atom stereocenters. The van der Waals surface area contributed by atoms with E-state index in [1.807, 2.05) is 37.2 Å². The lowest BCUT2D eigenvalue weighted by Gasteiger charge is -2.16. The van der Waals surface area contributed by atoms with Crippen LogP contribution >= 0.6 is 0 Å². The molecule has 0 aliphatic rings. The van der Waals surface area contributed by atoms with Gasteiger partial charge < -0.3 is 14.4 Å². The van der Waals surface area contributed by atoms with E-state index < -0.39 is 0 Å². The highest BCUT2D eigenvalue weighted by molar-refractivity contribution is 5.75. The minimum atomic E-state index is -0.289. The lowest BCUT2D eigenvalue weighted by molar-refractivity contribution is 0.356. The van der Waals surface area contributed by atoms with Gasteiger partial charge in [0.05, 0.1) is 14.2 Å². The normalized spacial score (nSPS) is 10.2. The zero-order valence-corrected chi connectivity index (χ0v) is 12.1. The van der Waals surface area contributed by atoms with Gasteiger partial charge in [-0.15, -0.1) is 0 Å². The van der Waals surface area contributed by atoms with Gasteiger partial charge in [0.1, 0.15) is 5.82 Å². The van der Waals surface area contributed by atoms with E-state index in [4.69, 9.17) is 9.47 Å². The van der Waals surface area contributed by atoms with Gasteiger partial charge in [0.15, 0.2) is 11.5 Å². The van der Waals surface area contributed by atoms with E-state index >= 15 is 0 Å². The summed E-state index contributed by atoms with van der Waals surface area (Å²) in [6.45, 7) is 0. The van der Waals surface area contributed by atoms with E-state index in [9.17, 15) is 4.39 Å². The van der Waals surface area contributed by atoms with Crippen LogP contribution in [-0.2, 0) is 0 Å². The number of halogens is 1. The summed E-state index contributed by atoms with van der Waals surface area (Å²) < 4.78 is 24.9. The molecule has 0 saturated heterocycles. The molecule has 0 unspecified atom stereocenters. The topological polar surface area (TPSA) is 21.7 Å². The smallest absolute Gasteiger partial charge is 0.168 e. The zero-order chi connectivity index (χ0) is 14.7. The van der Waals surface area contributed by atoms with Gasteiger partial charge in [-0.25, -0.2) is 4.39 Å². The second-order valence-corrected chi connectivity index (χ2v) is 4.60. The van der Waals surface area contributed by atoms with Gasteiger partial charge in [-0.3, -0.25) is 0 Å². The lowest BCUT2D eigenvalue weighted by Crippen LogP contribution is -2.08. The standard InChI is InChI=1S/C16H18FNO2/c1-18(2)11-8-9-12(14(17)10-11)13-6-5-7-15(19-3)16(13)20-4/h5-10H,1-4H3. The lowest BCUT2D eigenvalue weighted by atomic mass is 10.0. The Labute approximate surface area is 118 Å². The van der Waals surface area contributed by atoms with Crippen molar-refractivity contribution in [3.63, 3.8) is 0 Å². The number of methoxy groups -OCH3 is 2. The summed E-state index contributed by atoms with van der Waals surface area (Å²) in [5, 5.41) is 0. The second kappa shape index (κ2) is 5.82. The summed E-state index contributed by atoms with van der Waals surface area (Å²) >= 11 is 0. The van der Waals surface area contributed by atoms with E-state index in [0.29, 0.717) is 22.6 Å². The van der Waals surface area contributed by atoms with Crippen molar-refractivity contribution in [3.8, 4) is 22.6 Å². The first kappa shape index (κ1) is 14.2. The van der Waals surface area contributed by atoms with E-state index in [2.05, 4.69) is 0 Å². The maximum atomic E-state index is 14.3. The third-order valence-corrected chi connectivity index (χ3v) is 3.16. The second-order valence-electron chi connectivity index (χ2n) is 4.60. The molecule has 0 aliphatic heterocycles. The summed E-state index contributed by atoms with van der Waals surface area (Å²) in [6, 6.07) is 10.5. The van der Waals surface area contributed by atoms with Gasteiger partial charge in [-0.1, -0.05) is 12.1 Å². The molecule has 2 aromatic carbocycles. The van der Waals surface area contributed by atoms with Crippen LogP contribution < -0.4 is 14.4 Å². The first-order chi connectivity index (χ1) is 9.58. The summed E-state index contributed by atoms with van der Waals surface area (Å²) in [4.78, 5) is 1.86. The van der Waals surface area contributed by atoms with E-state index in [1.165, 1.54) is 6.07 Å². The van der Waals surface area contributed by atoms with Crippen molar-refractivity contribution in [2.24, 2.45) is 0 Å². The Morgan fingerprint density at radius 1 is 0.950 bits per heavy atom. The van der Waals surface area contributed by atoms with Crippen LogP contribution in [0.25, 0.3) is 11.1 Å². The predicted octanol–water partition coefficient (Wildman–Crippen LogP) is 3.58. The Balaban J connectivity index is 2.57. The fourth-order valence-corrected chi connectivity index (χ4v) is 2.10. The predicted molar refractivity (Wildman–Crippen MR) is 79.3 cm³/mol. The molecule has 0 amide bonds. The zero-order valence-electron chi connectivity index (χ0n) is 12.1. The van der Waals surface area contributed by atoms with Gasteiger partial charge in [-0.2, -0.15) is 0 Å². The molecule has 3 nitrogen and oxygen atoms in total. The van der Waals surface area contributed by atoms with Crippen LogP contribution in [0.3, 0.4) is 0 Å². The molecule has 2 aromatic rings. The number of para-hydroxylation sites is 1. The number of anilines is 1. The third-order valence-electron chi connectivity index (χ3n) is 3.16. The molecule has 0 N–H and O–H groups in total. The molecule has 2 rings (SSSR count). The maximum absolute atomic E-state index is 14.3. The highest BCUT2D eigenvalue weighted by atomic mass is 19.1. The van der Waals surface area contributed by atoms with Crippen LogP contribution in [0.1, 0.15) is 0 Å². The molecule has 0 saturated carbocycles. The van der Waals surface area contributed by atoms with Gasteiger partial charge in [0.2, 0.25) is 0 Å². The summed E-state index contributed by atoms with van der Waals surface area (Å²) in [5.41, 5.74) is 1.98. The number of nitrogens with zero attached hydrogens (tertiary/aromatic N) is 1. The van der Waals surface area contributed by atoms with Crippen molar-refractivity contribution < 1.29 is 13.9 Å². The Hall–Kier alpha value is -2.23. The molecule has 0 aromatic heterocycles. The summed E-state index contributed by atoms with van der Waals surface area (Å²) in [5.74, 6) is 0.829. The molecular weight excluding hydrogens is 257 g/mol. The van der Waals surface area contributed by atoms with Crippen molar-refractivity contribution in [1.29, 1.82) is 0 Å². The molecule has 106 valence electrons. The van der Waals surface area contributed by atoms with E-state index in [1.54, 1.807) is 26.4 Å². The first-order valence-electron chi connectivity index (χ1n) is 6.26. The van der Waals surface area contributed by atoms with Crippen LogP contribution in [0.5, 0.6) is 11.5 Å². The van der Waals surface area contributed by atoms with Crippen molar-refractivity contribution in [1.82, 2.24) is 0 Å². The molecule has 0 bridgehead atoms. The first-order valence-corrected chi connectivity index (χ1v) is 6.26. The van der Waals surface area contributed by atoms with E-state index in [0.717, 1.165) is 5.69 Å². The number of hydrogen-bond acceptors (Lipinski definition) is 3. The summed E-state index contributed by atoms with van der Waals surface area (Å²) in [6.07, 6.45) is 0. The number of ether oxygens (including phenoxy) is 2. The molecule has 0 heterocycles. The Kier molecular flexibility index (Phi) is 4.13. The van der Waals surface area contributed by atoms with Crippen LogP contribution in [0, 0.1) is 5.82 Å². The Morgan fingerprint density at radius 2 is 1.70 bits per heavy atom. The largest absolute Gasteiger partial charge is 0.493 e. The third kappa shape index (κ3) is 2.54. The van der Waals surface area contributed by atoms with Crippen molar-refractivity contribution in [3.05, 3.63) is 42.2 Å². The van der Waals surface area contributed by atoms with Gasteiger partial charge in [0, 0.05) is 30.9 Å². The molecule has 0 aliphatic carbocycles. The van der Waals surface area contributed by atoms with Crippen LogP contribution in [0.15, 0.2) is 36.4 Å². The SMILES string of the molecule is COc1cccc(-c2ccc(N(C)C)cc2F)c1OC. The molecule has 0 spiro atoms.